The van der Waals surface area contributed by atoms with Crippen LogP contribution < -0.4 is 0 Å². The lowest BCUT2D eigenvalue weighted by molar-refractivity contribution is -0.167. The first kappa shape index (κ1) is 59.4. The third kappa shape index (κ3) is 48.4. The highest BCUT2D eigenvalue weighted by atomic mass is 16.6. The molecule has 0 aromatic rings. The predicted octanol–water partition coefficient (Wildman–Crippen LogP) is 17.5. The van der Waals surface area contributed by atoms with Gasteiger partial charge in [-0.15, -0.1) is 0 Å². The van der Waals surface area contributed by atoms with Gasteiger partial charge in [0.15, 0.2) is 6.10 Å². The van der Waals surface area contributed by atoms with E-state index in [1.54, 1.807) is 0 Å². The molecule has 0 N–H and O–H groups in total. The smallest absolute Gasteiger partial charge is 0.306 e. The van der Waals surface area contributed by atoms with E-state index in [9.17, 15) is 14.4 Å². The number of rotatable bonds is 48. The second kappa shape index (κ2) is 51.0. The zero-order chi connectivity index (χ0) is 45.1. The molecular formula is C56H100O6. The van der Waals surface area contributed by atoms with E-state index in [4.69, 9.17) is 14.2 Å². The molecule has 6 heteroatoms. The monoisotopic (exact) mass is 869 g/mol. The molecule has 62 heavy (non-hydrogen) atoms. The maximum absolute atomic E-state index is 12.8. The molecule has 6 nitrogen and oxygen atoms in total. The molecule has 0 saturated carbocycles. The Bertz CT molecular complexity index is 1090. The van der Waals surface area contributed by atoms with Crippen LogP contribution >= 0.6 is 0 Å². The van der Waals surface area contributed by atoms with Gasteiger partial charge in [0.1, 0.15) is 13.2 Å². The zero-order valence-electron chi connectivity index (χ0n) is 41.1. The van der Waals surface area contributed by atoms with Crippen LogP contribution in [0.2, 0.25) is 0 Å². The Kier molecular flexibility index (Phi) is 48.8. The van der Waals surface area contributed by atoms with Gasteiger partial charge in [0.25, 0.3) is 0 Å². The van der Waals surface area contributed by atoms with Crippen molar-refractivity contribution in [2.24, 2.45) is 0 Å². The summed E-state index contributed by atoms with van der Waals surface area (Å²) in [6.45, 7) is 6.59. The lowest BCUT2D eigenvalue weighted by atomic mass is 10.0. The molecule has 0 radical (unpaired) electrons. The van der Waals surface area contributed by atoms with Crippen molar-refractivity contribution in [3.05, 3.63) is 48.6 Å². The Balaban J connectivity index is 4.41. The quantitative estimate of drug-likeness (QED) is 0.0262. The van der Waals surface area contributed by atoms with Gasteiger partial charge in [-0.25, -0.2) is 0 Å². The molecule has 0 unspecified atom stereocenters. The van der Waals surface area contributed by atoms with Gasteiger partial charge >= 0.3 is 17.9 Å². The summed E-state index contributed by atoms with van der Waals surface area (Å²) >= 11 is 0. The summed E-state index contributed by atoms with van der Waals surface area (Å²) in [6.07, 6.45) is 60.9. The Morgan fingerprint density at radius 1 is 0.323 bits per heavy atom. The molecule has 360 valence electrons. The minimum Gasteiger partial charge on any atom is -0.462 e. The fourth-order valence-corrected chi connectivity index (χ4v) is 7.50. The van der Waals surface area contributed by atoms with E-state index in [0.29, 0.717) is 19.3 Å². The number of unbranched alkanes of at least 4 members (excludes halogenated alkanes) is 29. The van der Waals surface area contributed by atoms with E-state index in [1.165, 1.54) is 135 Å². The van der Waals surface area contributed by atoms with Crippen molar-refractivity contribution >= 4 is 17.9 Å². The van der Waals surface area contributed by atoms with Gasteiger partial charge in [-0.2, -0.15) is 0 Å². The molecule has 0 aliphatic heterocycles. The number of hydrogen-bond donors (Lipinski definition) is 0. The van der Waals surface area contributed by atoms with Crippen LogP contribution in [0.15, 0.2) is 48.6 Å². The number of esters is 3. The molecule has 0 aliphatic rings. The van der Waals surface area contributed by atoms with Crippen LogP contribution in [0.25, 0.3) is 0 Å². The first-order valence-electron chi connectivity index (χ1n) is 26.6. The first-order chi connectivity index (χ1) is 30.5. The van der Waals surface area contributed by atoms with Gasteiger partial charge in [0, 0.05) is 19.3 Å². The Labute approximate surface area is 384 Å². The average Bonchev–Trinajstić information content (AvgIpc) is 3.27. The molecule has 0 aromatic carbocycles. The highest BCUT2D eigenvalue weighted by Crippen LogP contribution is 2.15. The fourth-order valence-electron chi connectivity index (χ4n) is 7.50. The predicted molar refractivity (Wildman–Crippen MR) is 265 cm³/mol. The van der Waals surface area contributed by atoms with Crippen molar-refractivity contribution in [3.8, 4) is 0 Å². The third-order valence-corrected chi connectivity index (χ3v) is 11.6. The van der Waals surface area contributed by atoms with Crippen molar-refractivity contribution in [1.82, 2.24) is 0 Å². The van der Waals surface area contributed by atoms with Crippen molar-refractivity contribution in [2.75, 3.05) is 13.2 Å². The second-order valence-corrected chi connectivity index (χ2v) is 17.8. The van der Waals surface area contributed by atoms with E-state index < -0.39 is 6.10 Å². The lowest BCUT2D eigenvalue weighted by Crippen LogP contribution is -2.30. The summed E-state index contributed by atoms with van der Waals surface area (Å²) < 4.78 is 16.8. The molecule has 0 bridgehead atoms. The van der Waals surface area contributed by atoms with Crippen LogP contribution in [-0.2, 0) is 28.6 Å². The van der Waals surface area contributed by atoms with Crippen molar-refractivity contribution in [1.29, 1.82) is 0 Å². The Hall–Kier alpha value is -2.63. The average molecular weight is 869 g/mol. The summed E-state index contributed by atoms with van der Waals surface area (Å²) in [7, 11) is 0. The summed E-state index contributed by atoms with van der Waals surface area (Å²) in [6, 6.07) is 0. The number of carbonyl (C=O) groups is 3. The molecule has 0 fully saturated rings. The van der Waals surface area contributed by atoms with Gasteiger partial charge in [-0.1, -0.05) is 217 Å². The summed E-state index contributed by atoms with van der Waals surface area (Å²) in [5.74, 6) is -0.904. The third-order valence-electron chi connectivity index (χ3n) is 11.6. The standard InChI is InChI=1S/C56H100O6/c1-4-7-10-13-16-19-22-25-27-28-30-31-34-37-40-43-46-49-55(58)61-52-53(51-60-54(57)48-45-42-39-36-33-24-21-18-15-12-9-6-3)62-56(59)50-47-44-41-38-35-32-29-26-23-20-17-14-11-8-5-2/h16,19,25-27,29-31,53H,4-15,17-18,20-24,28,32-52H2,1-3H3/b19-16-,27-25-,29-26-,31-30-/t53-/m0/s1. The molecule has 0 rings (SSSR count). The largest absolute Gasteiger partial charge is 0.462 e. The van der Waals surface area contributed by atoms with E-state index in [1.807, 2.05) is 0 Å². The number of allylic oxidation sites excluding steroid dienone is 8. The molecule has 1 atom stereocenters. The van der Waals surface area contributed by atoms with Crippen molar-refractivity contribution in [2.45, 2.75) is 277 Å². The molecular weight excluding hydrogens is 769 g/mol. The molecule has 0 aromatic heterocycles. The Morgan fingerprint density at radius 2 is 0.581 bits per heavy atom. The molecule has 0 aliphatic carbocycles. The second-order valence-electron chi connectivity index (χ2n) is 17.8. The number of carbonyl (C=O) groups excluding carboxylic acids is 3. The molecule has 0 saturated heterocycles. The van der Waals surface area contributed by atoms with Crippen LogP contribution in [0.1, 0.15) is 271 Å². The van der Waals surface area contributed by atoms with E-state index in [0.717, 1.165) is 96.3 Å². The topological polar surface area (TPSA) is 78.9 Å². The van der Waals surface area contributed by atoms with Gasteiger partial charge in [0.05, 0.1) is 0 Å². The highest BCUT2D eigenvalue weighted by Gasteiger charge is 2.19. The molecule has 0 amide bonds. The van der Waals surface area contributed by atoms with E-state index >= 15 is 0 Å². The summed E-state index contributed by atoms with van der Waals surface area (Å²) in [4.78, 5) is 38.0. The van der Waals surface area contributed by atoms with Crippen molar-refractivity contribution in [3.63, 3.8) is 0 Å². The van der Waals surface area contributed by atoms with E-state index in [2.05, 4.69) is 69.4 Å². The molecule has 0 spiro atoms. The fraction of sp³-hybridized carbons (Fsp3) is 0.804. The van der Waals surface area contributed by atoms with Crippen LogP contribution in [0.3, 0.4) is 0 Å². The summed E-state index contributed by atoms with van der Waals surface area (Å²) in [5, 5.41) is 0. The van der Waals surface area contributed by atoms with Crippen LogP contribution in [0.4, 0.5) is 0 Å². The van der Waals surface area contributed by atoms with Crippen LogP contribution in [-0.4, -0.2) is 37.2 Å². The minimum atomic E-state index is -0.783. The minimum absolute atomic E-state index is 0.0814. The highest BCUT2D eigenvalue weighted by molar-refractivity contribution is 5.71. The Morgan fingerprint density at radius 3 is 0.952 bits per heavy atom. The van der Waals surface area contributed by atoms with Gasteiger partial charge in [-0.05, 0) is 83.5 Å². The maximum Gasteiger partial charge on any atom is 0.306 e. The lowest BCUT2D eigenvalue weighted by Gasteiger charge is -2.18. The molecule has 0 heterocycles. The summed E-state index contributed by atoms with van der Waals surface area (Å²) in [5.41, 5.74) is 0. The SMILES string of the molecule is CCCCC/C=C\C/C=C\C/C=C\CCCCCCC(=O)OC[C@H](COC(=O)CCCCCCCCCCCCCC)OC(=O)CCCCCCC/C=C\CCCCCCCC. The maximum atomic E-state index is 12.8. The van der Waals surface area contributed by atoms with Gasteiger partial charge in [-0.3, -0.25) is 14.4 Å². The number of hydrogen-bond acceptors (Lipinski definition) is 6. The van der Waals surface area contributed by atoms with Gasteiger partial charge < -0.3 is 14.2 Å². The normalized spacial score (nSPS) is 12.4. The van der Waals surface area contributed by atoms with Crippen LogP contribution in [0.5, 0.6) is 0 Å². The van der Waals surface area contributed by atoms with Gasteiger partial charge in [0.2, 0.25) is 0 Å². The first-order valence-corrected chi connectivity index (χ1v) is 26.6. The number of ether oxygens (including phenoxy) is 3. The zero-order valence-corrected chi connectivity index (χ0v) is 41.1. The van der Waals surface area contributed by atoms with E-state index in [-0.39, 0.29) is 31.1 Å². The van der Waals surface area contributed by atoms with Crippen LogP contribution in [0, 0.1) is 0 Å². The van der Waals surface area contributed by atoms with Crippen molar-refractivity contribution < 1.29 is 28.6 Å².